The van der Waals surface area contributed by atoms with E-state index in [1.165, 1.54) is 0 Å². The smallest absolute Gasteiger partial charge is 0.236 e. The Morgan fingerprint density at radius 3 is 2.50 bits per heavy atom. The number of thiocarbonyl (C=S) groups is 1. The molecule has 5 rings (SSSR count). The van der Waals surface area contributed by atoms with E-state index in [9.17, 15) is 4.79 Å². The van der Waals surface area contributed by atoms with Gasteiger partial charge in [-0.3, -0.25) is 9.69 Å². The van der Waals surface area contributed by atoms with E-state index in [-0.39, 0.29) is 5.91 Å². The topological polar surface area (TPSA) is 72.1 Å². The maximum Gasteiger partial charge on any atom is 0.236 e. The number of rotatable bonds is 7. The van der Waals surface area contributed by atoms with E-state index in [0.717, 1.165) is 33.8 Å². The number of benzene rings is 3. The summed E-state index contributed by atoms with van der Waals surface area (Å²) >= 11 is 5.88. The van der Waals surface area contributed by atoms with Crippen molar-refractivity contribution in [2.45, 2.75) is 46.4 Å². The number of nitrogens with zero attached hydrogens (tertiary/aromatic N) is 1. The number of amides is 1. The van der Waals surface area contributed by atoms with Crippen molar-refractivity contribution >= 4 is 34.6 Å². The molecule has 0 aromatic heterocycles. The molecule has 8 heteroatoms. The lowest BCUT2D eigenvalue weighted by atomic mass is 9.78. The van der Waals surface area contributed by atoms with Crippen LogP contribution >= 0.6 is 12.2 Å². The molecule has 3 aromatic carbocycles. The van der Waals surface area contributed by atoms with E-state index in [4.69, 9.17) is 26.4 Å². The highest BCUT2D eigenvalue weighted by Gasteiger charge is 2.59. The Labute approximate surface area is 229 Å². The molecule has 2 aliphatic heterocycles. The van der Waals surface area contributed by atoms with Gasteiger partial charge < -0.3 is 24.8 Å². The fourth-order valence-electron chi connectivity index (χ4n) is 5.45. The summed E-state index contributed by atoms with van der Waals surface area (Å²) in [6.45, 7) is 10.9. The highest BCUT2D eigenvalue weighted by molar-refractivity contribution is 7.80. The summed E-state index contributed by atoms with van der Waals surface area (Å²) in [6, 6.07) is 19.0. The first-order valence-corrected chi connectivity index (χ1v) is 13.3. The number of nitrogens with one attached hydrogen (secondary N) is 2. The van der Waals surface area contributed by atoms with Crippen LogP contribution in [0.1, 0.15) is 43.5 Å². The fraction of sp³-hybridized carbons (Fsp3) is 0.333. The Kier molecular flexibility index (Phi) is 6.92. The first kappa shape index (κ1) is 25.9. The van der Waals surface area contributed by atoms with Crippen LogP contribution in [-0.4, -0.2) is 30.0 Å². The third-order valence-corrected chi connectivity index (χ3v) is 7.42. The van der Waals surface area contributed by atoms with Gasteiger partial charge in [-0.15, -0.1) is 0 Å². The molecule has 0 spiro atoms. The number of para-hydroxylation sites is 1. The molecule has 0 aliphatic carbocycles. The van der Waals surface area contributed by atoms with Crippen LogP contribution in [0.2, 0.25) is 0 Å². The third-order valence-electron chi connectivity index (χ3n) is 7.12. The van der Waals surface area contributed by atoms with Crippen molar-refractivity contribution in [1.29, 1.82) is 0 Å². The molecule has 0 unspecified atom stereocenters. The summed E-state index contributed by atoms with van der Waals surface area (Å²) < 4.78 is 18.4. The first-order chi connectivity index (χ1) is 18.3. The summed E-state index contributed by atoms with van der Waals surface area (Å²) in [5, 5.41) is 7.10. The molecule has 2 N–H and O–H groups in total. The van der Waals surface area contributed by atoms with Crippen LogP contribution in [-0.2, 0) is 4.79 Å². The van der Waals surface area contributed by atoms with Crippen molar-refractivity contribution in [1.82, 2.24) is 5.32 Å². The van der Waals surface area contributed by atoms with Crippen LogP contribution in [0.4, 0.5) is 11.4 Å². The lowest BCUT2D eigenvalue weighted by Crippen LogP contribution is -2.72. The third kappa shape index (κ3) is 4.43. The van der Waals surface area contributed by atoms with Gasteiger partial charge in [-0.25, -0.2) is 0 Å². The molecule has 0 radical (unpaired) electrons. The minimum Gasteiger partial charge on any atom is -0.494 e. The van der Waals surface area contributed by atoms with Gasteiger partial charge in [0.2, 0.25) is 5.91 Å². The minimum atomic E-state index is -1.15. The average molecular weight is 532 g/mol. The summed E-state index contributed by atoms with van der Waals surface area (Å²) in [6.07, 6.45) is 0. The first-order valence-electron chi connectivity index (χ1n) is 12.9. The Hall–Kier alpha value is -3.78. The van der Waals surface area contributed by atoms with Crippen molar-refractivity contribution < 1.29 is 19.0 Å². The monoisotopic (exact) mass is 531 g/mol. The Morgan fingerprint density at radius 1 is 1.08 bits per heavy atom. The molecule has 3 aromatic rings. The van der Waals surface area contributed by atoms with E-state index >= 15 is 0 Å². The van der Waals surface area contributed by atoms with Gasteiger partial charge >= 0.3 is 0 Å². The van der Waals surface area contributed by atoms with Crippen LogP contribution < -0.4 is 29.7 Å². The van der Waals surface area contributed by atoms with E-state index in [1.807, 2.05) is 94.1 Å². The number of ether oxygens (including phenoxy) is 3. The molecule has 2 aliphatic rings. The Bertz CT molecular complexity index is 1380. The molecule has 1 saturated heterocycles. The number of carbonyl (C=O) groups is 1. The van der Waals surface area contributed by atoms with Gasteiger partial charge in [0, 0.05) is 16.9 Å². The van der Waals surface area contributed by atoms with Gasteiger partial charge in [-0.05, 0) is 88.8 Å². The molecular weight excluding hydrogens is 498 g/mol. The number of fused-ring (bicyclic) bond motifs is 4. The fourth-order valence-corrected chi connectivity index (χ4v) is 5.86. The highest BCUT2D eigenvalue weighted by Crippen LogP contribution is 2.52. The molecule has 1 fully saturated rings. The van der Waals surface area contributed by atoms with E-state index in [0.29, 0.717) is 29.8 Å². The van der Waals surface area contributed by atoms with E-state index in [2.05, 4.69) is 16.7 Å². The summed E-state index contributed by atoms with van der Waals surface area (Å²) in [4.78, 5) is 16.0. The second-order valence-corrected chi connectivity index (χ2v) is 10.1. The predicted octanol–water partition coefficient (Wildman–Crippen LogP) is 5.90. The lowest BCUT2D eigenvalue weighted by Gasteiger charge is -2.56. The average Bonchev–Trinajstić information content (AvgIpc) is 2.87. The van der Waals surface area contributed by atoms with Gasteiger partial charge in [0.1, 0.15) is 11.7 Å². The van der Waals surface area contributed by atoms with Crippen LogP contribution in [0, 0.1) is 19.8 Å². The summed E-state index contributed by atoms with van der Waals surface area (Å²) in [5.41, 5.74) is 3.37. The molecule has 3 atom stereocenters. The van der Waals surface area contributed by atoms with Gasteiger partial charge in [0.25, 0.3) is 0 Å². The van der Waals surface area contributed by atoms with Crippen LogP contribution in [0.3, 0.4) is 0 Å². The zero-order chi connectivity index (χ0) is 27.0. The number of aryl methyl sites for hydroxylation is 2. The van der Waals surface area contributed by atoms with Gasteiger partial charge in [0.15, 0.2) is 22.3 Å². The predicted molar refractivity (Wildman–Crippen MR) is 153 cm³/mol. The highest BCUT2D eigenvalue weighted by atomic mass is 32.1. The second-order valence-electron chi connectivity index (χ2n) is 9.74. The minimum absolute atomic E-state index is 0.164. The van der Waals surface area contributed by atoms with Crippen LogP contribution in [0.5, 0.6) is 17.2 Å². The number of hydrogen-bond donors (Lipinski definition) is 2. The molecule has 1 amide bonds. The SMILES string of the molecule is CCOc1ccc(N2C(=S)N[C@@H]3c4cccc(OCC)c4O[C@@]2(C)[C@@H]3C(=O)Nc2ccc(C)cc2C)cc1. The van der Waals surface area contributed by atoms with Crippen molar-refractivity contribution in [3.05, 3.63) is 77.4 Å². The van der Waals surface area contributed by atoms with Gasteiger partial charge in [-0.2, -0.15) is 0 Å². The van der Waals surface area contributed by atoms with Gasteiger partial charge in [-0.1, -0.05) is 29.8 Å². The molecule has 38 heavy (non-hydrogen) atoms. The maximum atomic E-state index is 14.1. The molecule has 7 nitrogen and oxygen atoms in total. The van der Waals surface area contributed by atoms with Crippen molar-refractivity contribution in [3.8, 4) is 17.2 Å². The molecule has 2 heterocycles. The van der Waals surface area contributed by atoms with Crippen molar-refractivity contribution in [2.24, 2.45) is 5.92 Å². The maximum absolute atomic E-state index is 14.1. The molecule has 198 valence electrons. The lowest BCUT2D eigenvalue weighted by molar-refractivity contribution is -0.130. The molecule has 0 saturated carbocycles. The Balaban J connectivity index is 1.62. The van der Waals surface area contributed by atoms with E-state index in [1.54, 1.807) is 0 Å². The van der Waals surface area contributed by atoms with Crippen molar-refractivity contribution in [2.75, 3.05) is 23.4 Å². The van der Waals surface area contributed by atoms with Crippen LogP contribution in [0.15, 0.2) is 60.7 Å². The standard InChI is InChI=1S/C30H33N3O4S/c1-6-35-21-14-12-20(13-15-21)33-29(38)32-26-22-9-8-10-24(36-7-2)27(22)37-30(33,5)25(26)28(34)31-23-16-11-18(3)17-19(23)4/h8-17,25-26H,6-7H2,1-5H3,(H,31,34)(H,32,38)/t25-,26+,30-/m0/s1. The normalized spacial score (nSPS) is 21.6. The molecule has 2 bridgehead atoms. The molecular formula is C30H33N3O4S. The van der Waals surface area contributed by atoms with Crippen molar-refractivity contribution in [3.63, 3.8) is 0 Å². The van der Waals surface area contributed by atoms with E-state index < -0.39 is 17.7 Å². The number of carbonyl (C=O) groups excluding carboxylic acids is 1. The number of hydrogen-bond acceptors (Lipinski definition) is 5. The summed E-state index contributed by atoms with van der Waals surface area (Å²) in [5.74, 6) is 1.20. The quantitative estimate of drug-likeness (QED) is 0.368. The second kappa shape index (κ2) is 10.2. The zero-order valence-electron chi connectivity index (χ0n) is 22.3. The largest absolute Gasteiger partial charge is 0.494 e. The Morgan fingerprint density at radius 2 is 1.82 bits per heavy atom. The zero-order valence-corrected chi connectivity index (χ0v) is 23.1. The van der Waals surface area contributed by atoms with Crippen LogP contribution in [0.25, 0.3) is 0 Å². The summed E-state index contributed by atoms with van der Waals surface area (Å²) in [7, 11) is 0. The van der Waals surface area contributed by atoms with Gasteiger partial charge in [0.05, 0.1) is 19.3 Å². The number of anilines is 2.